The van der Waals surface area contributed by atoms with Crippen molar-refractivity contribution >= 4 is 33.1 Å². The summed E-state index contributed by atoms with van der Waals surface area (Å²) in [5, 5.41) is 7.45. The molecule has 0 aliphatic carbocycles. The zero-order valence-corrected chi connectivity index (χ0v) is 19.8. The highest BCUT2D eigenvalue weighted by atomic mass is 32.2. The number of rotatable bonds is 7. The fourth-order valence-corrected chi connectivity index (χ4v) is 4.58. The van der Waals surface area contributed by atoms with Gasteiger partial charge in [0.25, 0.3) is 5.78 Å². The zero-order valence-electron chi connectivity index (χ0n) is 19.0. The van der Waals surface area contributed by atoms with E-state index in [0.717, 1.165) is 19.6 Å². The zero-order chi connectivity index (χ0) is 24.6. The Labute approximate surface area is 200 Å². The first-order valence-electron chi connectivity index (χ1n) is 11.0. The van der Waals surface area contributed by atoms with E-state index in [1.54, 1.807) is 30.5 Å². The van der Waals surface area contributed by atoms with Crippen LogP contribution in [0.2, 0.25) is 0 Å². The van der Waals surface area contributed by atoms with Crippen LogP contribution in [0.5, 0.6) is 0 Å². The maximum atomic E-state index is 14.6. The van der Waals surface area contributed by atoms with Gasteiger partial charge in [0.2, 0.25) is 17.7 Å². The molecule has 1 saturated heterocycles. The van der Waals surface area contributed by atoms with Crippen LogP contribution >= 0.6 is 0 Å². The van der Waals surface area contributed by atoms with Crippen molar-refractivity contribution in [3.8, 4) is 11.6 Å². The minimum Gasteiger partial charge on any atom is -0.461 e. The van der Waals surface area contributed by atoms with Gasteiger partial charge >= 0.3 is 0 Å². The molecule has 0 bridgehead atoms. The number of halogens is 1. The molecule has 0 spiro atoms. The van der Waals surface area contributed by atoms with Crippen molar-refractivity contribution in [1.82, 2.24) is 29.5 Å². The van der Waals surface area contributed by atoms with E-state index in [0.29, 0.717) is 48.6 Å². The summed E-state index contributed by atoms with van der Waals surface area (Å²) in [5.74, 6) is 1.27. The Bertz CT molecular complexity index is 1450. The molecular weight excluding hydrogens is 475 g/mol. The fraction of sp³-hybridized carbons (Fsp3) is 0.333. The van der Waals surface area contributed by atoms with E-state index >= 15 is 0 Å². The Balaban J connectivity index is 1.16. The molecule has 1 aromatic carbocycles. The monoisotopic (exact) mass is 500 g/mol. The summed E-state index contributed by atoms with van der Waals surface area (Å²) < 4.78 is 40.7. The quantitative estimate of drug-likeness (QED) is 0.342. The lowest BCUT2D eigenvalue weighted by molar-refractivity contribution is 0.266. The second kappa shape index (κ2) is 9.11. The smallest absolute Gasteiger partial charge is 0.259 e. The number of furan rings is 1. The van der Waals surface area contributed by atoms with E-state index in [1.165, 1.54) is 16.8 Å². The standard InChI is InChI=1S/C21H25FN10O2S/c1-35(24,33)14-4-5-16(15(22)13-14)31-10-8-30(9-11-31)7-6-25-20-27-19(23)32-21(28-20)26-18(29-32)17-3-2-12-34-17/h2-5,12-13,24H,6-11H2,1H3,(H3,23,25,26,27,28,29). The van der Waals surface area contributed by atoms with Crippen molar-refractivity contribution in [3.05, 3.63) is 42.4 Å². The summed E-state index contributed by atoms with van der Waals surface area (Å²) in [6, 6.07) is 7.88. The van der Waals surface area contributed by atoms with Crippen LogP contribution in [0.3, 0.4) is 0 Å². The third-order valence-corrected chi connectivity index (χ3v) is 6.92. The molecule has 0 saturated carbocycles. The highest BCUT2D eigenvalue weighted by Crippen LogP contribution is 2.24. The van der Waals surface area contributed by atoms with Crippen LogP contribution in [-0.4, -0.2) is 79.2 Å². The van der Waals surface area contributed by atoms with E-state index < -0.39 is 15.5 Å². The highest BCUT2D eigenvalue weighted by Gasteiger charge is 2.20. The maximum Gasteiger partial charge on any atom is 0.259 e. The Kier molecular flexibility index (Phi) is 5.98. The lowest BCUT2D eigenvalue weighted by atomic mass is 10.2. The molecule has 5 rings (SSSR count). The minimum atomic E-state index is -2.94. The summed E-state index contributed by atoms with van der Waals surface area (Å²) in [6.07, 6.45) is 2.83. The number of nitrogen functional groups attached to an aromatic ring is 1. The van der Waals surface area contributed by atoms with E-state index in [-0.39, 0.29) is 10.8 Å². The first-order valence-corrected chi connectivity index (χ1v) is 12.9. The Morgan fingerprint density at radius 1 is 1.20 bits per heavy atom. The van der Waals surface area contributed by atoms with Crippen molar-refractivity contribution in [3.63, 3.8) is 0 Å². The average Bonchev–Trinajstić information content (AvgIpc) is 3.49. The Morgan fingerprint density at radius 2 is 2.00 bits per heavy atom. The first kappa shape index (κ1) is 23.0. The number of nitrogens with zero attached hydrogens (tertiary/aromatic N) is 7. The van der Waals surface area contributed by atoms with Crippen molar-refractivity contribution in [2.45, 2.75) is 4.90 Å². The molecule has 1 atom stereocenters. The summed E-state index contributed by atoms with van der Waals surface area (Å²) >= 11 is 0. The lowest BCUT2D eigenvalue weighted by Gasteiger charge is -2.36. The second-order valence-corrected chi connectivity index (χ2v) is 10.4. The fourth-order valence-electron chi connectivity index (χ4n) is 3.92. The van der Waals surface area contributed by atoms with Crippen LogP contribution in [-0.2, 0) is 9.73 Å². The maximum absolute atomic E-state index is 14.6. The van der Waals surface area contributed by atoms with Crippen LogP contribution in [0, 0.1) is 10.6 Å². The largest absolute Gasteiger partial charge is 0.461 e. The third-order valence-electron chi connectivity index (χ3n) is 5.77. The van der Waals surface area contributed by atoms with Gasteiger partial charge in [0, 0.05) is 50.4 Å². The normalized spacial score (nSPS) is 16.5. The summed E-state index contributed by atoms with van der Waals surface area (Å²) in [6.45, 7) is 4.15. The molecule has 184 valence electrons. The molecule has 1 aliphatic heterocycles. The number of anilines is 3. The van der Waals surface area contributed by atoms with Crippen LogP contribution in [0.15, 0.2) is 45.9 Å². The van der Waals surface area contributed by atoms with Crippen molar-refractivity contribution in [1.29, 1.82) is 4.78 Å². The van der Waals surface area contributed by atoms with Crippen molar-refractivity contribution < 1.29 is 13.0 Å². The topological polar surface area (TPSA) is 155 Å². The Morgan fingerprint density at radius 3 is 2.69 bits per heavy atom. The molecule has 0 amide bonds. The van der Waals surface area contributed by atoms with Gasteiger partial charge in [0.05, 0.1) is 21.7 Å². The van der Waals surface area contributed by atoms with Gasteiger partial charge < -0.3 is 20.4 Å². The van der Waals surface area contributed by atoms with Gasteiger partial charge in [-0.15, -0.1) is 5.10 Å². The highest BCUT2D eigenvalue weighted by molar-refractivity contribution is 7.91. The number of hydrogen-bond donors (Lipinski definition) is 3. The molecule has 4 N–H and O–H groups in total. The molecule has 14 heteroatoms. The summed E-state index contributed by atoms with van der Waals surface area (Å²) in [7, 11) is -2.94. The summed E-state index contributed by atoms with van der Waals surface area (Å²) in [5.41, 5.74) is 6.49. The van der Waals surface area contributed by atoms with Crippen molar-refractivity contribution in [2.24, 2.45) is 0 Å². The van der Waals surface area contributed by atoms with Crippen LogP contribution in [0.1, 0.15) is 0 Å². The van der Waals surface area contributed by atoms with E-state index in [4.69, 9.17) is 14.9 Å². The molecule has 1 fully saturated rings. The minimum absolute atomic E-state index is 0.161. The first-order chi connectivity index (χ1) is 16.8. The van der Waals surface area contributed by atoms with Gasteiger partial charge in [-0.1, -0.05) is 0 Å². The third kappa shape index (κ3) is 4.88. The van der Waals surface area contributed by atoms with Gasteiger partial charge in [-0.05, 0) is 30.3 Å². The van der Waals surface area contributed by atoms with E-state index in [2.05, 4.69) is 30.3 Å². The number of benzene rings is 1. The van der Waals surface area contributed by atoms with E-state index in [1.807, 2.05) is 4.90 Å². The predicted molar refractivity (Wildman–Crippen MR) is 129 cm³/mol. The molecule has 12 nitrogen and oxygen atoms in total. The number of fused-ring (bicyclic) bond motifs is 1. The van der Waals surface area contributed by atoms with Gasteiger partial charge in [0.15, 0.2) is 5.76 Å². The second-order valence-electron chi connectivity index (χ2n) is 8.24. The number of aromatic nitrogens is 5. The molecule has 1 aliphatic rings. The van der Waals surface area contributed by atoms with Gasteiger partial charge in [-0.2, -0.15) is 19.5 Å². The summed E-state index contributed by atoms with van der Waals surface area (Å²) in [4.78, 5) is 17.4. The van der Waals surface area contributed by atoms with Gasteiger partial charge in [-0.3, -0.25) is 4.90 Å². The number of nitrogens with one attached hydrogen (secondary N) is 2. The van der Waals surface area contributed by atoms with Crippen LogP contribution in [0.25, 0.3) is 17.4 Å². The number of hydrogen-bond acceptors (Lipinski definition) is 11. The van der Waals surface area contributed by atoms with E-state index in [9.17, 15) is 8.60 Å². The molecule has 0 radical (unpaired) electrons. The Hall–Kier alpha value is -3.78. The predicted octanol–water partition coefficient (Wildman–Crippen LogP) is 1.77. The van der Waals surface area contributed by atoms with Crippen LogP contribution in [0.4, 0.5) is 22.0 Å². The molecular formula is C21H25FN10O2S. The molecule has 4 heterocycles. The number of nitrogens with two attached hydrogens (primary N) is 1. The molecule has 35 heavy (non-hydrogen) atoms. The lowest BCUT2D eigenvalue weighted by Crippen LogP contribution is -2.48. The average molecular weight is 501 g/mol. The molecule has 4 aromatic rings. The van der Waals surface area contributed by atoms with Gasteiger partial charge in [0.1, 0.15) is 5.82 Å². The molecule has 3 aromatic heterocycles. The van der Waals surface area contributed by atoms with Crippen LogP contribution < -0.4 is 16.0 Å². The molecule has 1 unspecified atom stereocenters. The number of piperazine rings is 1. The van der Waals surface area contributed by atoms with Gasteiger partial charge in [-0.25, -0.2) is 13.4 Å². The SMILES string of the molecule is CS(=N)(=O)c1ccc(N2CCN(CCNc3nc(N)n4nc(-c5ccco5)nc4n3)CC2)c(F)c1. The van der Waals surface area contributed by atoms with Crippen molar-refractivity contribution in [2.75, 3.05) is 61.5 Å².